The van der Waals surface area contributed by atoms with Crippen LogP contribution >= 0.6 is 23.2 Å². The van der Waals surface area contributed by atoms with Crippen LogP contribution in [0.3, 0.4) is 0 Å². The molecule has 0 nitrogen and oxygen atoms in total. The molecule has 0 fully saturated rings. The molecule has 9 heavy (non-hydrogen) atoms. The Hall–Kier alpha value is 0.320. The first-order valence-corrected chi connectivity index (χ1v) is 4.18. The van der Waals surface area contributed by atoms with Crippen LogP contribution in [0.15, 0.2) is 11.6 Å². The quantitative estimate of drug-likeness (QED) is 0.445. The lowest BCUT2D eigenvalue weighted by Gasteiger charge is -1.98. The first kappa shape index (κ1) is 9.32. The van der Waals surface area contributed by atoms with Gasteiger partial charge in [-0.15, -0.1) is 23.2 Å². The SMILES string of the molecule is CC=C(CCCl)CCCl. The lowest BCUT2D eigenvalue weighted by molar-refractivity contribution is 0.982. The zero-order valence-corrected chi connectivity index (χ0v) is 7.17. The van der Waals surface area contributed by atoms with E-state index < -0.39 is 0 Å². The van der Waals surface area contributed by atoms with Crippen molar-refractivity contribution in [2.24, 2.45) is 0 Å². The van der Waals surface area contributed by atoms with E-state index in [1.807, 2.05) is 6.92 Å². The average molecular weight is 167 g/mol. The molecule has 0 aromatic heterocycles. The minimum atomic E-state index is 0.705. The van der Waals surface area contributed by atoms with Crippen LogP contribution in [0.1, 0.15) is 19.8 Å². The van der Waals surface area contributed by atoms with Gasteiger partial charge in [-0.1, -0.05) is 11.6 Å². The number of rotatable bonds is 4. The molecule has 0 unspecified atom stereocenters. The summed E-state index contributed by atoms with van der Waals surface area (Å²) in [4.78, 5) is 0. The molecule has 0 aliphatic carbocycles. The molecule has 0 aromatic rings. The number of halogens is 2. The highest BCUT2D eigenvalue weighted by atomic mass is 35.5. The molecule has 54 valence electrons. The largest absolute Gasteiger partial charge is 0.126 e. The summed E-state index contributed by atoms with van der Waals surface area (Å²) in [5.74, 6) is 1.41. The summed E-state index contributed by atoms with van der Waals surface area (Å²) >= 11 is 11.1. The second kappa shape index (κ2) is 6.44. The maximum Gasteiger partial charge on any atom is 0.0260 e. The minimum absolute atomic E-state index is 0.705. The summed E-state index contributed by atoms with van der Waals surface area (Å²) < 4.78 is 0. The van der Waals surface area contributed by atoms with Crippen molar-refractivity contribution in [3.63, 3.8) is 0 Å². The van der Waals surface area contributed by atoms with Gasteiger partial charge in [-0.2, -0.15) is 0 Å². The average Bonchev–Trinajstić information content (AvgIpc) is 1.88. The van der Waals surface area contributed by atoms with Gasteiger partial charge < -0.3 is 0 Å². The van der Waals surface area contributed by atoms with Gasteiger partial charge >= 0.3 is 0 Å². The van der Waals surface area contributed by atoms with Crippen LogP contribution in [-0.4, -0.2) is 11.8 Å². The van der Waals surface area contributed by atoms with Gasteiger partial charge in [0.1, 0.15) is 0 Å². The molecule has 0 N–H and O–H groups in total. The standard InChI is InChI=1S/C7H12Cl2/c1-2-7(3-5-8)4-6-9/h2H,3-6H2,1H3. The fourth-order valence-electron chi connectivity index (χ4n) is 0.656. The van der Waals surface area contributed by atoms with E-state index in [1.54, 1.807) is 0 Å². The third-order valence-electron chi connectivity index (χ3n) is 1.24. The number of alkyl halides is 2. The molecule has 0 bridgehead atoms. The molecule has 0 amide bonds. The number of hydrogen-bond donors (Lipinski definition) is 0. The van der Waals surface area contributed by atoms with Crippen molar-refractivity contribution >= 4 is 23.2 Å². The third-order valence-corrected chi connectivity index (χ3v) is 1.62. The van der Waals surface area contributed by atoms with Crippen molar-refractivity contribution in [3.8, 4) is 0 Å². The summed E-state index contributed by atoms with van der Waals surface area (Å²) in [6.07, 6.45) is 4.04. The molecular weight excluding hydrogens is 155 g/mol. The maximum atomic E-state index is 5.53. The Morgan fingerprint density at radius 2 is 1.67 bits per heavy atom. The second-order valence-corrected chi connectivity index (χ2v) is 2.58. The highest BCUT2D eigenvalue weighted by molar-refractivity contribution is 6.18. The molecular formula is C7H12Cl2. The Morgan fingerprint density at radius 3 is 1.89 bits per heavy atom. The lowest BCUT2D eigenvalue weighted by Crippen LogP contribution is -1.85. The molecule has 2 heteroatoms. The summed E-state index contributed by atoms with van der Waals surface area (Å²) in [7, 11) is 0. The summed E-state index contributed by atoms with van der Waals surface area (Å²) in [6.45, 7) is 2.02. The molecule has 0 heterocycles. The van der Waals surface area contributed by atoms with Crippen molar-refractivity contribution in [2.45, 2.75) is 19.8 Å². The maximum absolute atomic E-state index is 5.53. The zero-order valence-electron chi connectivity index (χ0n) is 5.66. The third kappa shape index (κ3) is 4.80. The highest BCUT2D eigenvalue weighted by Gasteiger charge is 1.92. The number of allylic oxidation sites excluding steroid dienone is 2. The second-order valence-electron chi connectivity index (χ2n) is 1.82. The predicted octanol–water partition coefficient (Wildman–Crippen LogP) is 3.19. The molecule has 0 aromatic carbocycles. The van der Waals surface area contributed by atoms with Crippen molar-refractivity contribution in [2.75, 3.05) is 11.8 Å². The Bertz CT molecular complexity index is 78.9. The highest BCUT2D eigenvalue weighted by Crippen LogP contribution is 2.08. The van der Waals surface area contributed by atoms with Crippen molar-refractivity contribution < 1.29 is 0 Å². The smallest absolute Gasteiger partial charge is 0.0260 e. The van der Waals surface area contributed by atoms with Gasteiger partial charge in [0, 0.05) is 11.8 Å². The van der Waals surface area contributed by atoms with Gasteiger partial charge in [0.05, 0.1) is 0 Å². The molecule has 0 atom stereocenters. The fraction of sp³-hybridized carbons (Fsp3) is 0.714. The predicted molar refractivity (Wildman–Crippen MR) is 44.4 cm³/mol. The molecule has 0 aliphatic heterocycles. The summed E-state index contributed by atoms with van der Waals surface area (Å²) in [5, 5.41) is 0. The van der Waals surface area contributed by atoms with Gasteiger partial charge in [-0.05, 0) is 19.8 Å². The van der Waals surface area contributed by atoms with Gasteiger partial charge in [-0.25, -0.2) is 0 Å². The van der Waals surface area contributed by atoms with Crippen molar-refractivity contribution in [1.82, 2.24) is 0 Å². The Balaban J connectivity index is 3.43. The van der Waals surface area contributed by atoms with Crippen LogP contribution in [0, 0.1) is 0 Å². The summed E-state index contributed by atoms with van der Waals surface area (Å²) in [5.41, 5.74) is 1.36. The molecule has 0 rings (SSSR count). The van der Waals surface area contributed by atoms with Gasteiger partial charge in [0.2, 0.25) is 0 Å². The van der Waals surface area contributed by atoms with E-state index in [4.69, 9.17) is 23.2 Å². The van der Waals surface area contributed by atoms with Crippen LogP contribution in [-0.2, 0) is 0 Å². The van der Waals surface area contributed by atoms with E-state index in [9.17, 15) is 0 Å². The number of hydrogen-bond acceptors (Lipinski definition) is 0. The molecule has 0 spiro atoms. The van der Waals surface area contributed by atoms with E-state index in [2.05, 4.69) is 6.08 Å². The van der Waals surface area contributed by atoms with Gasteiger partial charge in [0.15, 0.2) is 0 Å². The van der Waals surface area contributed by atoms with Crippen molar-refractivity contribution in [3.05, 3.63) is 11.6 Å². The van der Waals surface area contributed by atoms with Crippen LogP contribution in [0.5, 0.6) is 0 Å². The van der Waals surface area contributed by atoms with Crippen LogP contribution in [0.25, 0.3) is 0 Å². The van der Waals surface area contributed by atoms with Gasteiger partial charge in [0.25, 0.3) is 0 Å². The molecule has 0 saturated heterocycles. The van der Waals surface area contributed by atoms with E-state index >= 15 is 0 Å². The molecule has 0 saturated carbocycles. The van der Waals surface area contributed by atoms with E-state index in [1.165, 1.54) is 5.57 Å². The Labute approximate surface area is 66.8 Å². The first-order chi connectivity index (χ1) is 4.35. The van der Waals surface area contributed by atoms with E-state index in [0.717, 1.165) is 12.8 Å². The minimum Gasteiger partial charge on any atom is -0.126 e. The first-order valence-electron chi connectivity index (χ1n) is 3.11. The zero-order chi connectivity index (χ0) is 7.11. The van der Waals surface area contributed by atoms with Crippen LogP contribution in [0.4, 0.5) is 0 Å². The summed E-state index contributed by atoms with van der Waals surface area (Å²) in [6, 6.07) is 0. The van der Waals surface area contributed by atoms with E-state index in [-0.39, 0.29) is 0 Å². The van der Waals surface area contributed by atoms with Crippen LogP contribution < -0.4 is 0 Å². The normalized spacial score (nSPS) is 9.22. The van der Waals surface area contributed by atoms with Crippen molar-refractivity contribution in [1.29, 1.82) is 0 Å². The molecule has 0 radical (unpaired) electrons. The van der Waals surface area contributed by atoms with E-state index in [0.29, 0.717) is 11.8 Å². The Kier molecular flexibility index (Phi) is 6.67. The lowest BCUT2D eigenvalue weighted by atomic mass is 10.1. The molecule has 0 aliphatic rings. The van der Waals surface area contributed by atoms with Gasteiger partial charge in [-0.3, -0.25) is 0 Å². The Morgan fingerprint density at radius 1 is 1.22 bits per heavy atom. The fourth-order valence-corrected chi connectivity index (χ4v) is 1.14. The topological polar surface area (TPSA) is 0 Å². The van der Waals surface area contributed by atoms with Crippen LogP contribution in [0.2, 0.25) is 0 Å². The monoisotopic (exact) mass is 166 g/mol.